The number of hydrogen-bond acceptors (Lipinski definition) is 5. The highest BCUT2D eigenvalue weighted by Gasteiger charge is 2.27. The topological polar surface area (TPSA) is 92.8 Å². The number of benzene rings is 2. The van der Waals surface area contributed by atoms with Crippen molar-refractivity contribution in [3.8, 4) is 0 Å². The molecule has 7 nitrogen and oxygen atoms in total. The van der Waals surface area contributed by atoms with Gasteiger partial charge in [0.25, 0.3) is 10.0 Å². The third kappa shape index (κ3) is 5.03. The van der Waals surface area contributed by atoms with Crippen molar-refractivity contribution < 1.29 is 22.7 Å². The van der Waals surface area contributed by atoms with Gasteiger partial charge in [-0.3, -0.25) is 9.10 Å². The van der Waals surface area contributed by atoms with Crippen LogP contribution in [-0.4, -0.2) is 33.4 Å². The van der Waals surface area contributed by atoms with Crippen LogP contribution in [-0.2, 0) is 19.6 Å². The number of esters is 1. The molecule has 2 aromatic carbocycles. The van der Waals surface area contributed by atoms with Gasteiger partial charge in [-0.2, -0.15) is 0 Å². The molecule has 0 aliphatic carbocycles. The van der Waals surface area contributed by atoms with E-state index in [1.54, 1.807) is 32.0 Å². The van der Waals surface area contributed by atoms with Crippen LogP contribution in [0.5, 0.6) is 0 Å². The van der Waals surface area contributed by atoms with Gasteiger partial charge in [-0.25, -0.2) is 13.2 Å². The fourth-order valence-electron chi connectivity index (χ4n) is 2.81. The van der Waals surface area contributed by atoms with Crippen LogP contribution in [0, 0.1) is 6.92 Å². The fourth-order valence-corrected chi connectivity index (χ4v) is 4.30. The van der Waals surface area contributed by atoms with E-state index in [-0.39, 0.29) is 24.0 Å². The van der Waals surface area contributed by atoms with Crippen LogP contribution in [0.3, 0.4) is 0 Å². The molecule has 0 aliphatic rings. The summed E-state index contributed by atoms with van der Waals surface area (Å²) < 4.78 is 32.8. The van der Waals surface area contributed by atoms with Gasteiger partial charge in [-0.1, -0.05) is 12.1 Å². The smallest absolute Gasteiger partial charge is 0.338 e. The Labute approximate surface area is 171 Å². The van der Waals surface area contributed by atoms with E-state index in [9.17, 15) is 18.0 Å². The first-order valence-corrected chi connectivity index (χ1v) is 10.4. The standard InChI is InChI=1S/C21H24N2O5S/c1-5-14-23(20-9-7-8-19(15(20)3)21(25)28-6-2)29(26,27)18-12-10-17(11-13-18)22-16(4)24/h5,7-13H,1,6,14H2,2-4H3,(H,22,24). The third-order valence-corrected chi connectivity index (χ3v) is 5.92. The zero-order valence-corrected chi connectivity index (χ0v) is 17.5. The first-order valence-electron chi connectivity index (χ1n) is 9.00. The van der Waals surface area contributed by atoms with Crippen molar-refractivity contribution in [1.29, 1.82) is 0 Å². The maximum atomic E-state index is 13.3. The van der Waals surface area contributed by atoms with E-state index >= 15 is 0 Å². The molecule has 0 saturated heterocycles. The van der Waals surface area contributed by atoms with Crippen LogP contribution in [0.15, 0.2) is 60.0 Å². The Morgan fingerprint density at radius 2 is 1.83 bits per heavy atom. The molecule has 0 aromatic heterocycles. The average Bonchev–Trinajstić information content (AvgIpc) is 2.66. The number of ether oxygens (including phenoxy) is 1. The zero-order valence-electron chi connectivity index (χ0n) is 16.6. The van der Waals surface area contributed by atoms with E-state index in [0.29, 0.717) is 22.5 Å². The maximum absolute atomic E-state index is 13.3. The summed E-state index contributed by atoms with van der Waals surface area (Å²) in [5, 5.41) is 2.60. The van der Waals surface area contributed by atoms with E-state index < -0.39 is 16.0 Å². The first-order chi connectivity index (χ1) is 13.7. The summed E-state index contributed by atoms with van der Waals surface area (Å²) in [6.07, 6.45) is 1.47. The van der Waals surface area contributed by atoms with E-state index in [1.807, 2.05) is 0 Å². The lowest BCUT2D eigenvalue weighted by Crippen LogP contribution is -2.32. The van der Waals surface area contributed by atoms with Crippen LogP contribution in [0.1, 0.15) is 29.8 Å². The molecule has 0 bridgehead atoms. The number of amides is 1. The van der Waals surface area contributed by atoms with Gasteiger partial charge in [0, 0.05) is 12.6 Å². The molecule has 2 aromatic rings. The lowest BCUT2D eigenvalue weighted by atomic mass is 10.1. The van der Waals surface area contributed by atoms with Gasteiger partial charge in [0.1, 0.15) is 0 Å². The summed E-state index contributed by atoms with van der Waals surface area (Å²) in [6, 6.07) is 10.7. The number of anilines is 2. The van der Waals surface area contributed by atoms with Crippen molar-refractivity contribution in [3.63, 3.8) is 0 Å². The predicted molar refractivity (Wildman–Crippen MR) is 113 cm³/mol. The Hall–Kier alpha value is -3.13. The maximum Gasteiger partial charge on any atom is 0.338 e. The molecule has 154 valence electrons. The molecule has 0 atom stereocenters. The summed E-state index contributed by atoms with van der Waals surface area (Å²) in [4.78, 5) is 23.4. The minimum absolute atomic E-state index is 0.0168. The summed E-state index contributed by atoms with van der Waals surface area (Å²) in [7, 11) is -3.94. The molecule has 0 radical (unpaired) electrons. The van der Waals surface area contributed by atoms with Crippen molar-refractivity contribution in [3.05, 3.63) is 66.2 Å². The Kier molecular flexibility index (Phi) is 7.17. The van der Waals surface area contributed by atoms with Gasteiger partial charge in [0.05, 0.1) is 29.3 Å². The van der Waals surface area contributed by atoms with Crippen LogP contribution >= 0.6 is 0 Å². The van der Waals surface area contributed by atoms with Crippen molar-refractivity contribution >= 4 is 33.3 Å². The summed E-state index contributed by atoms with van der Waals surface area (Å²) in [6.45, 7) is 8.64. The highest BCUT2D eigenvalue weighted by molar-refractivity contribution is 7.92. The van der Waals surface area contributed by atoms with Crippen molar-refractivity contribution in [2.24, 2.45) is 0 Å². The lowest BCUT2D eigenvalue weighted by molar-refractivity contribution is -0.114. The Balaban J connectivity index is 2.50. The number of hydrogen-bond donors (Lipinski definition) is 1. The SMILES string of the molecule is C=CCN(c1cccc(C(=O)OCC)c1C)S(=O)(=O)c1ccc(NC(C)=O)cc1. The van der Waals surface area contributed by atoms with E-state index in [0.717, 1.165) is 0 Å². The number of carbonyl (C=O) groups excluding carboxylic acids is 2. The molecule has 0 unspecified atom stereocenters. The number of nitrogens with one attached hydrogen (secondary N) is 1. The normalized spacial score (nSPS) is 10.9. The summed E-state index contributed by atoms with van der Waals surface area (Å²) in [5.74, 6) is -0.761. The van der Waals surface area contributed by atoms with Gasteiger partial charge in [-0.05, 0) is 55.8 Å². The van der Waals surface area contributed by atoms with E-state index in [4.69, 9.17) is 4.74 Å². The Morgan fingerprint density at radius 3 is 2.38 bits per heavy atom. The molecular weight excluding hydrogens is 392 g/mol. The first kappa shape index (κ1) is 22.2. The number of rotatable bonds is 8. The largest absolute Gasteiger partial charge is 0.462 e. The fraction of sp³-hybridized carbons (Fsp3) is 0.238. The zero-order chi connectivity index (χ0) is 21.6. The predicted octanol–water partition coefficient (Wildman–Crippen LogP) is 3.51. The monoisotopic (exact) mass is 416 g/mol. The van der Waals surface area contributed by atoms with E-state index in [1.165, 1.54) is 41.6 Å². The van der Waals surface area contributed by atoms with Crippen molar-refractivity contribution in [1.82, 2.24) is 0 Å². The van der Waals surface area contributed by atoms with Crippen molar-refractivity contribution in [2.45, 2.75) is 25.7 Å². The summed E-state index contributed by atoms with van der Waals surface area (Å²) >= 11 is 0. The van der Waals surface area contributed by atoms with Crippen LogP contribution in [0.4, 0.5) is 11.4 Å². The summed E-state index contributed by atoms with van der Waals surface area (Å²) in [5.41, 5.74) is 1.65. The molecule has 29 heavy (non-hydrogen) atoms. The number of sulfonamides is 1. The Morgan fingerprint density at radius 1 is 1.17 bits per heavy atom. The average molecular weight is 416 g/mol. The van der Waals surface area contributed by atoms with Gasteiger partial charge in [0.15, 0.2) is 0 Å². The van der Waals surface area contributed by atoms with Gasteiger partial charge in [-0.15, -0.1) is 6.58 Å². The van der Waals surface area contributed by atoms with Crippen LogP contribution < -0.4 is 9.62 Å². The minimum atomic E-state index is -3.94. The van der Waals surface area contributed by atoms with Crippen LogP contribution in [0.25, 0.3) is 0 Å². The lowest BCUT2D eigenvalue weighted by Gasteiger charge is -2.25. The second-order valence-electron chi connectivity index (χ2n) is 6.20. The molecule has 0 spiro atoms. The van der Waals surface area contributed by atoms with E-state index in [2.05, 4.69) is 11.9 Å². The van der Waals surface area contributed by atoms with Crippen molar-refractivity contribution in [2.75, 3.05) is 22.8 Å². The second-order valence-corrected chi connectivity index (χ2v) is 8.06. The molecule has 0 fully saturated rings. The van der Waals surface area contributed by atoms with Gasteiger partial charge >= 0.3 is 5.97 Å². The minimum Gasteiger partial charge on any atom is -0.462 e. The molecular formula is C21H24N2O5S. The number of nitrogens with zero attached hydrogens (tertiary/aromatic N) is 1. The second kappa shape index (κ2) is 9.38. The molecule has 0 heterocycles. The van der Waals surface area contributed by atoms with Gasteiger partial charge in [0.2, 0.25) is 5.91 Å². The van der Waals surface area contributed by atoms with Gasteiger partial charge < -0.3 is 10.1 Å². The molecule has 0 saturated carbocycles. The Bertz CT molecular complexity index is 1010. The quantitative estimate of drug-likeness (QED) is 0.525. The van der Waals surface area contributed by atoms with Crippen LogP contribution in [0.2, 0.25) is 0 Å². The molecule has 8 heteroatoms. The highest BCUT2D eigenvalue weighted by Crippen LogP contribution is 2.29. The molecule has 0 aliphatic heterocycles. The molecule has 1 amide bonds. The number of carbonyl (C=O) groups is 2. The third-order valence-electron chi connectivity index (χ3n) is 4.13. The molecule has 1 N–H and O–H groups in total. The molecule has 2 rings (SSSR count). The highest BCUT2D eigenvalue weighted by atomic mass is 32.2.